The second kappa shape index (κ2) is 5.92. The fourth-order valence-corrected chi connectivity index (χ4v) is 1.92. The van der Waals surface area contributed by atoms with Gasteiger partial charge in [0.15, 0.2) is 0 Å². The van der Waals surface area contributed by atoms with Gasteiger partial charge in [-0.25, -0.2) is 4.79 Å². The summed E-state index contributed by atoms with van der Waals surface area (Å²) in [6, 6.07) is 0.00204. The van der Waals surface area contributed by atoms with Gasteiger partial charge in [0, 0.05) is 26.7 Å². The number of hydrogen-bond donors (Lipinski definition) is 2. The van der Waals surface area contributed by atoms with Crippen molar-refractivity contribution >= 4 is 6.03 Å². The molecule has 88 valence electrons. The minimum Gasteiger partial charge on any atom is -0.395 e. The number of likely N-dealkylation sites (N-methyl/N-ethyl adjacent to an activating group) is 1. The smallest absolute Gasteiger partial charge is 0.319 e. The molecule has 3 N–H and O–H groups in total. The number of aliphatic hydroxyl groups is 1. The molecule has 0 aliphatic carbocycles. The van der Waals surface area contributed by atoms with Crippen molar-refractivity contribution in [1.29, 1.82) is 0 Å². The molecule has 0 aromatic rings. The van der Waals surface area contributed by atoms with E-state index in [1.54, 1.807) is 11.9 Å². The Hall–Kier alpha value is -0.810. The molecule has 1 saturated heterocycles. The van der Waals surface area contributed by atoms with E-state index in [-0.39, 0.29) is 12.6 Å². The second-order valence-corrected chi connectivity index (χ2v) is 4.12. The highest BCUT2D eigenvalue weighted by Crippen LogP contribution is 2.16. The molecule has 5 nitrogen and oxygen atoms in total. The zero-order valence-corrected chi connectivity index (χ0v) is 9.35. The number of rotatable bonds is 3. The van der Waals surface area contributed by atoms with Crippen molar-refractivity contribution in [1.82, 2.24) is 9.80 Å². The Morgan fingerprint density at radius 2 is 2.40 bits per heavy atom. The number of likely N-dealkylation sites (tertiary alicyclic amines) is 1. The van der Waals surface area contributed by atoms with Crippen LogP contribution in [0, 0.1) is 5.92 Å². The third-order valence-electron chi connectivity index (χ3n) is 2.88. The van der Waals surface area contributed by atoms with Gasteiger partial charge in [-0.2, -0.15) is 0 Å². The maximum atomic E-state index is 11.8. The van der Waals surface area contributed by atoms with Gasteiger partial charge < -0.3 is 20.6 Å². The Morgan fingerprint density at radius 1 is 1.67 bits per heavy atom. The molecule has 1 atom stereocenters. The molecule has 1 aliphatic rings. The average Bonchev–Trinajstić information content (AvgIpc) is 2.28. The predicted molar refractivity (Wildman–Crippen MR) is 58.5 cm³/mol. The summed E-state index contributed by atoms with van der Waals surface area (Å²) in [6.45, 7) is 2.61. The Labute approximate surface area is 90.8 Å². The largest absolute Gasteiger partial charge is 0.395 e. The lowest BCUT2D eigenvalue weighted by Gasteiger charge is -2.34. The topological polar surface area (TPSA) is 69.8 Å². The zero-order chi connectivity index (χ0) is 11.3. The standard InChI is InChI=1S/C10H21N3O2/c1-12(5-6-14)10(15)13-4-2-3-9(7-11)8-13/h9,14H,2-8,11H2,1H3. The van der Waals surface area contributed by atoms with Gasteiger partial charge in [-0.15, -0.1) is 0 Å². The fourth-order valence-electron chi connectivity index (χ4n) is 1.92. The van der Waals surface area contributed by atoms with Crippen LogP contribution in [-0.2, 0) is 0 Å². The third-order valence-corrected chi connectivity index (χ3v) is 2.88. The minimum atomic E-state index is 0.00204. The molecule has 0 aromatic heterocycles. The number of nitrogens with two attached hydrogens (primary N) is 1. The molecule has 0 saturated carbocycles. The minimum absolute atomic E-state index is 0.00204. The lowest BCUT2D eigenvalue weighted by atomic mass is 9.99. The van der Waals surface area contributed by atoms with Gasteiger partial charge in [0.1, 0.15) is 0 Å². The van der Waals surface area contributed by atoms with Gasteiger partial charge in [0.2, 0.25) is 0 Å². The van der Waals surface area contributed by atoms with Gasteiger partial charge in [0.05, 0.1) is 6.61 Å². The normalized spacial score (nSPS) is 21.5. The molecule has 5 heteroatoms. The monoisotopic (exact) mass is 215 g/mol. The molecule has 15 heavy (non-hydrogen) atoms. The molecule has 1 unspecified atom stereocenters. The molecular weight excluding hydrogens is 194 g/mol. The molecule has 2 amide bonds. The van der Waals surface area contributed by atoms with Crippen molar-refractivity contribution in [2.75, 3.05) is 39.8 Å². The summed E-state index contributed by atoms with van der Waals surface area (Å²) in [5.41, 5.74) is 5.61. The predicted octanol–water partition coefficient (Wildman–Crippen LogP) is -0.299. The number of amides is 2. The SMILES string of the molecule is CN(CCO)C(=O)N1CCCC(CN)C1. The zero-order valence-electron chi connectivity index (χ0n) is 9.35. The van der Waals surface area contributed by atoms with Crippen LogP contribution in [0.4, 0.5) is 4.79 Å². The molecule has 1 heterocycles. The van der Waals surface area contributed by atoms with Crippen molar-refractivity contribution in [3.8, 4) is 0 Å². The Kier molecular flexibility index (Phi) is 4.84. The van der Waals surface area contributed by atoms with E-state index in [4.69, 9.17) is 10.8 Å². The van der Waals surface area contributed by atoms with Crippen molar-refractivity contribution < 1.29 is 9.90 Å². The molecule has 0 bridgehead atoms. The molecule has 0 spiro atoms. The van der Waals surface area contributed by atoms with E-state index >= 15 is 0 Å². The first kappa shape index (κ1) is 12.3. The van der Waals surface area contributed by atoms with Gasteiger partial charge in [-0.1, -0.05) is 0 Å². The van der Waals surface area contributed by atoms with Gasteiger partial charge >= 0.3 is 6.03 Å². The number of piperidine rings is 1. The maximum absolute atomic E-state index is 11.8. The van der Waals surface area contributed by atoms with Gasteiger partial charge in [-0.3, -0.25) is 0 Å². The summed E-state index contributed by atoms with van der Waals surface area (Å²) in [7, 11) is 1.71. The van der Waals surface area contributed by atoms with Gasteiger partial charge in [-0.05, 0) is 25.3 Å². The van der Waals surface area contributed by atoms with Crippen LogP contribution < -0.4 is 5.73 Å². The molecule has 1 rings (SSSR count). The number of carbonyl (C=O) groups is 1. The quantitative estimate of drug-likeness (QED) is 0.679. The lowest BCUT2D eigenvalue weighted by Crippen LogP contribution is -2.48. The van der Waals surface area contributed by atoms with E-state index < -0.39 is 0 Å². The molecule has 0 aromatic carbocycles. The van der Waals surface area contributed by atoms with Crippen molar-refractivity contribution in [3.63, 3.8) is 0 Å². The number of nitrogens with zero attached hydrogens (tertiary/aromatic N) is 2. The summed E-state index contributed by atoms with van der Waals surface area (Å²) >= 11 is 0. The summed E-state index contributed by atoms with van der Waals surface area (Å²) in [5, 5.41) is 8.75. The second-order valence-electron chi connectivity index (χ2n) is 4.12. The molecule has 0 radical (unpaired) electrons. The first-order valence-electron chi connectivity index (χ1n) is 5.50. The Balaban J connectivity index is 2.44. The number of carbonyl (C=O) groups excluding carboxylic acids is 1. The summed E-state index contributed by atoms with van der Waals surface area (Å²) < 4.78 is 0. The maximum Gasteiger partial charge on any atom is 0.319 e. The van der Waals surface area contributed by atoms with E-state index in [0.717, 1.165) is 25.9 Å². The van der Waals surface area contributed by atoms with Crippen LogP contribution in [0.5, 0.6) is 0 Å². The first-order valence-corrected chi connectivity index (χ1v) is 5.50. The molecule has 1 fully saturated rings. The van der Waals surface area contributed by atoms with Crippen LogP contribution in [0.2, 0.25) is 0 Å². The van der Waals surface area contributed by atoms with Crippen molar-refractivity contribution in [2.24, 2.45) is 11.7 Å². The number of hydrogen-bond acceptors (Lipinski definition) is 3. The van der Waals surface area contributed by atoms with Crippen LogP contribution in [0.1, 0.15) is 12.8 Å². The summed E-state index contributed by atoms with van der Waals surface area (Å²) in [4.78, 5) is 15.2. The Bertz CT molecular complexity index is 211. The van der Waals surface area contributed by atoms with Crippen LogP contribution in [0.15, 0.2) is 0 Å². The fraction of sp³-hybridized carbons (Fsp3) is 0.900. The van der Waals surface area contributed by atoms with E-state index in [1.807, 2.05) is 4.90 Å². The van der Waals surface area contributed by atoms with E-state index in [2.05, 4.69) is 0 Å². The summed E-state index contributed by atoms with van der Waals surface area (Å²) in [5.74, 6) is 0.435. The highest BCUT2D eigenvalue weighted by molar-refractivity contribution is 5.74. The van der Waals surface area contributed by atoms with Crippen LogP contribution >= 0.6 is 0 Å². The average molecular weight is 215 g/mol. The highest BCUT2D eigenvalue weighted by atomic mass is 16.3. The van der Waals surface area contributed by atoms with E-state index in [1.165, 1.54) is 0 Å². The van der Waals surface area contributed by atoms with E-state index in [9.17, 15) is 4.79 Å². The van der Waals surface area contributed by atoms with Crippen LogP contribution in [-0.4, -0.2) is 60.8 Å². The molecular formula is C10H21N3O2. The van der Waals surface area contributed by atoms with E-state index in [0.29, 0.717) is 19.0 Å². The van der Waals surface area contributed by atoms with Crippen molar-refractivity contribution in [3.05, 3.63) is 0 Å². The van der Waals surface area contributed by atoms with Crippen molar-refractivity contribution in [2.45, 2.75) is 12.8 Å². The third kappa shape index (κ3) is 3.35. The van der Waals surface area contributed by atoms with Gasteiger partial charge in [0.25, 0.3) is 0 Å². The first-order chi connectivity index (χ1) is 7.19. The van der Waals surface area contributed by atoms with Crippen LogP contribution in [0.3, 0.4) is 0 Å². The molecule has 1 aliphatic heterocycles. The number of aliphatic hydroxyl groups excluding tert-OH is 1. The summed E-state index contributed by atoms with van der Waals surface area (Å²) in [6.07, 6.45) is 2.14. The number of urea groups is 1. The lowest BCUT2D eigenvalue weighted by molar-refractivity contribution is 0.129. The highest BCUT2D eigenvalue weighted by Gasteiger charge is 2.24. The Morgan fingerprint density at radius 3 is 3.00 bits per heavy atom. The van der Waals surface area contributed by atoms with Crippen LogP contribution in [0.25, 0.3) is 0 Å².